The van der Waals surface area contributed by atoms with Crippen LogP contribution in [0.3, 0.4) is 0 Å². The summed E-state index contributed by atoms with van der Waals surface area (Å²) in [4.78, 5) is 0. The Kier molecular flexibility index (Phi) is 3.95. The van der Waals surface area contributed by atoms with E-state index in [9.17, 15) is 0 Å². The molecule has 102 valence electrons. The predicted octanol–water partition coefficient (Wildman–Crippen LogP) is 2.19. The highest BCUT2D eigenvalue weighted by Gasteiger charge is 2.28. The third kappa shape index (κ3) is 2.86. The van der Waals surface area contributed by atoms with Crippen molar-refractivity contribution in [1.29, 1.82) is 0 Å². The van der Waals surface area contributed by atoms with Crippen LogP contribution in [0.15, 0.2) is 6.20 Å². The van der Waals surface area contributed by atoms with Crippen LogP contribution in [0.5, 0.6) is 5.88 Å². The molecule has 1 atom stereocenters. The zero-order valence-corrected chi connectivity index (χ0v) is 12.0. The second kappa shape index (κ2) is 5.31. The molecule has 0 radical (unpaired) electrons. The van der Waals surface area contributed by atoms with Crippen molar-refractivity contribution in [2.75, 3.05) is 20.2 Å². The molecule has 18 heavy (non-hydrogen) atoms. The molecule has 0 spiro atoms. The fourth-order valence-corrected chi connectivity index (χ4v) is 2.41. The van der Waals surface area contributed by atoms with Gasteiger partial charge < -0.3 is 10.1 Å². The zero-order valence-electron chi connectivity index (χ0n) is 12.0. The van der Waals surface area contributed by atoms with Crippen molar-refractivity contribution in [1.82, 2.24) is 15.1 Å². The quantitative estimate of drug-likeness (QED) is 0.834. The molecule has 2 heterocycles. The SMILES string of the molecule is CNCCCC1COc2c(C(C)(C)C)cnn2C1. The minimum atomic E-state index is 0.104. The standard InChI is InChI=1S/C14H25N3O/c1-14(2,3)12-8-16-17-9-11(6-5-7-15-4)10-18-13(12)17/h8,11,15H,5-7,9-10H2,1-4H3. The minimum Gasteiger partial charge on any atom is -0.477 e. The Bertz CT molecular complexity index is 392. The molecular formula is C14H25N3O. The van der Waals surface area contributed by atoms with E-state index in [4.69, 9.17) is 4.74 Å². The molecule has 0 bridgehead atoms. The molecule has 4 nitrogen and oxygen atoms in total. The molecule has 0 saturated carbocycles. The third-order valence-electron chi connectivity index (χ3n) is 3.53. The molecule has 1 unspecified atom stereocenters. The smallest absolute Gasteiger partial charge is 0.215 e. The lowest BCUT2D eigenvalue weighted by Crippen LogP contribution is -2.27. The minimum absolute atomic E-state index is 0.104. The summed E-state index contributed by atoms with van der Waals surface area (Å²) in [5, 5.41) is 7.66. The Morgan fingerprint density at radius 3 is 2.94 bits per heavy atom. The van der Waals surface area contributed by atoms with Gasteiger partial charge in [0.15, 0.2) is 0 Å². The largest absolute Gasteiger partial charge is 0.477 e. The van der Waals surface area contributed by atoms with Gasteiger partial charge in [0.1, 0.15) is 0 Å². The van der Waals surface area contributed by atoms with E-state index < -0.39 is 0 Å². The first-order valence-corrected chi connectivity index (χ1v) is 6.86. The summed E-state index contributed by atoms with van der Waals surface area (Å²) < 4.78 is 7.98. The molecule has 0 amide bonds. The molecule has 2 rings (SSSR count). The Morgan fingerprint density at radius 2 is 2.28 bits per heavy atom. The molecule has 4 heteroatoms. The summed E-state index contributed by atoms with van der Waals surface area (Å²) in [7, 11) is 2.00. The van der Waals surface area contributed by atoms with Crippen molar-refractivity contribution in [3.05, 3.63) is 11.8 Å². The summed E-state index contributed by atoms with van der Waals surface area (Å²) in [6.45, 7) is 9.51. The Balaban J connectivity index is 2.01. The highest BCUT2D eigenvalue weighted by Crippen LogP contribution is 2.34. The molecule has 0 aromatic carbocycles. The average Bonchev–Trinajstić information content (AvgIpc) is 2.72. The first-order chi connectivity index (χ1) is 8.52. The van der Waals surface area contributed by atoms with E-state index >= 15 is 0 Å². The zero-order chi connectivity index (χ0) is 13.2. The number of nitrogens with one attached hydrogen (secondary N) is 1. The van der Waals surface area contributed by atoms with Crippen LogP contribution >= 0.6 is 0 Å². The maximum Gasteiger partial charge on any atom is 0.215 e. The third-order valence-corrected chi connectivity index (χ3v) is 3.53. The molecule has 0 aliphatic carbocycles. The fraction of sp³-hybridized carbons (Fsp3) is 0.786. The van der Waals surface area contributed by atoms with Gasteiger partial charge in [-0.3, -0.25) is 0 Å². The van der Waals surface area contributed by atoms with Crippen molar-refractivity contribution >= 4 is 0 Å². The van der Waals surface area contributed by atoms with Gasteiger partial charge in [-0.25, -0.2) is 4.68 Å². The number of aromatic nitrogens is 2. The Morgan fingerprint density at radius 1 is 1.50 bits per heavy atom. The molecule has 1 aromatic rings. The first-order valence-electron chi connectivity index (χ1n) is 6.86. The monoisotopic (exact) mass is 251 g/mol. The molecule has 1 aliphatic heterocycles. The molecule has 1 aromatic heterocycles. The van der Waals surface area contributed by atoms with Gasteiger partial charge in [0.25, 0.3) is 0 Å². The van der Waals surface area contributed by atoms with Gasteiger partial charge >= 0.3 is 0 Å². The van der Waals surface area contributed by atoms with Gasteiger partial charge in [-0.05, 0) is 31.8 Å². The van der Waals surface area contributed by atoms with Crippen molar-refractivity contribution in [2.45, 2.75) is 45.6 Å². The van der Waals surface area contributed by atoms with E-state index in [1.807, 2.05) is 17.9 Å². The van der Waals surface area contributed by atoms with Crippen LogP contribution in [-0.2, 0) is 12.0 Å². The normalized spacial score (nSPS) is 19.4. The number of hydrogen-bond acceptors (Lipinski definition) is 3. The Labute approximate surface area is 110 Å². The first kappa shape index (κ1) is 13.4. The van der Waals surface area contributed by atoms with Gasteiger partial charge in [0.2, 0.25) is 5.88 Å². The van der Waals surface area contributed by atoms with Crippen LogP contribution in [0, 0.1) is 5.92 Å². The van der Waals surface area contributed by atoms with E-state index in [0.717, 1.165) is 25.6 Å². The lowest BCUT2D eigenvalue weighted by atomic mass is 9.89. The highest BCUT2D eigenvalue weighted by atomic mass is 16.5. The predicted molar refractivity (Wildman–Crippen MR) is 73.1 cm³/mol. The van der Waals surface area contributed by atoms with Gasteiger partial charge in [-0.2, -0.15) is 5.10 Å². The highest BCUT2D eigenvalue weighted by molar-refractivity contribution is 5.31. The summed E-state index contributed by atoms with van der Waals surface area (Å²) in [5.74, 6) is 1.57. The Hall–Kier alpha value is -1.03. The molecule has 0 fully saturated rings. The van der Waals surface area contributed by atoms with Gasteiger partial charge in [-0.15, -0.1) is 0 Å². The molecular weight excluding hydrogens is 226 g/mol. The number of ether oxygens (including phenoxy) is 1. The molecule has 0 saturated heterocycles. The van der Waals surface area contributed by atoms with Crippen molar-refractivity contribution in [2.24, 2.45) is 5.92 Å². The van der Waals surface area contributed by atoms with Gasteiger partial charge in [0.05, 0.1) is 19.3 Å². The molecule has 1 N–H and O–H groups in total. The maximum absolute atomic E-state index is 5.94. The number of nitrogens with zero attached hydrogens (tertiary/aromatic N) is 2. The van der Waals surface area contributed by atoms with E-state index in [2.05, 4.69) is 31.2 Å². The van der Waals surface area contributed by atoms with Crippen LogP contribution < -0.4 is 10.1 Å². The average molecular weight is 251 g/mol. The van der Waals surface area contributed by atoms with Crippen LogP contribution in [0.2, 0.25) is 0 Å². The summed E-state index contributed by atoms with van der Waals surface area (Å²) in [6, 6.07) is 0. The summed E-state index contributed by atoms with van der Waals surface area (Å²) >= 11 is 0. The second-order valence-electron chi connectivity index (χ2n) is 6.22. The maximum atomic E-state index is 5.94. The second-order valence-corrected chi connectivity index (χ2v) is 6.22. The van der Waals surface area contributed by atoms with Crippen LogP contribution in [-0.4, -0.2) is 30.0 Å². The van der Waals surface area contributed by atoms with Crippen LogP contribution in [0.25, 0.3) is 0 Å². The summed E-state index contributed by atoms with van der Waals surface area (Å²) in [6.07, 6.45) is 4.36. The topological polar surface area (TPSA) is 39.1 Å². The van der Waals surface area contributed by atoms with E-state index in [1.165, 1.54) is 18.4 Å². The summed E-state index contributed by atoms with van der Waals surface area (Å²) in [5.41, 5.74) is 1.32. The van der Waals surface area contributed by atoms with Crippen molar-refractivity contribution in [3.8, 4) is 5.88 Å². The lowest BCUT2D eigenvalue weighted by Gasteiger charge is -2.27. The van der Waals surface area contributed by atoms with Gasteiger partial charge in [0, 0.05) is 11.5 Å². The van der Waals surface area contributed by atoms with Crippen LogP contribution in [0.4, 0.5) is 0 Å². The van der Waals surface area contributed by atoms with Gasteiger partial charge in [-0.1, -0.05) is 20.8 Å². The number of fused-ring (bicyclic) bond motifs is 1. The van der Waals surface area contributed by atoms with E-state index in [1.54, 1.807) is 0 Å². The van der Waals surface area contributed by atoms with E-state index in [-0.39, 0.29) is 5.41 Å². The lowest BCUT2D eigenvalue weighted by molar-refractivity contribution is 0.153. The number of hydrogen-bond donors (Lipinski definition) is 1. The van der Waals surface area contributed by atoms with Crippen LogP contribution in [0.1, 0.15) is 39.2 Å². The number of rotatable bonds is 4. The van der Waals surface area contributed by atoms with Crippen molar-refractivity contribution < 1.29 is 4.74 Å². The fourth-order valence-electron chi connectivity index (χ4n) is 2.41. The molecule has 1 aliphatic rings. The van der Waals surface area contributed by atoms with Crippen molar-refractivity contribution in [3.63, 3.8) is 0 Å². The van der Waals surface area contributed by atoms with E-state index in [0.29, 0.717) is 5.92 Å².